The second-order valence-electron chi connectivity index (χ2n) is 1.01. The zero-order chi connectivity index (χ0) is 4.24. The van der Waals surface area contributed by atoms with E-state index in [1.165, 1.54) is 6.40 Å². The van der Waals surface area contributed by atoms with E-state index in [0.717, 1.165) is 0 Å². The van der Waals surface area contributed by atoms with Gasteiger partial charge in [-0.25, -0.2) is 0 Å². The van der Waals surface area contributed by atoms with Crippen molar-refractivity contribution in [1.82, 2.24) is 0 Å². The van der Waals surface area contributed by atoms with Crippen molar-refractivity contribution in [2.24, 2.45) is 4.99 Å². The molecule has 0 bridgehead atoms. The normalized spacial score (nSPS) is 20.0. The Morgan fingerprint density at radius 2 is 2.83 bits per heavy atom. The van der Waals surface area contributed by atoms with E-state index in [4.69, 9.17) is 0 Å². The average Bonchev–Trinajstić information content (AvgIpc) is 1.72. The molecule has 1 aliphatic heterocycles. The van der Waals surface area contributed by atoms with Crippen molar-refractivity contribution in [2.75, 3.05) is 13.2 Å². The Morgan fingerprint density at radius 1 is 1.83 bits per heavy atom. The van der Waals surface area contributed by atoms with Crippen LogP contribution in [0.15, 0.2) is 4.99 Å². The monoisotopic (exact) mass is 83.0 g/mol. The third kappa shape index (κ3) is 0.708. The molecule has 2 heteroatoms. The summed E-state index contributed by atoms with van der Waals surface area (Å²) in [6.45, 7) is 1.30. The van der Waals surface area contributed by atoms with Gasteiger partial charge in [-0.05, 0) is 0 Å². The van der Waals surface area contributed by atoms with Crippen LogP contribution in [0.3, 0.4) is 0 Å². The van der Waals surface area contributed by atoms with Crippen LogP contribution < -0.4 is 0 Å². The molecule has 1 aliphatic rings. The van der Waals surface area contributed by atoms with Gasteiger partial charge < -0.3 is 4.74 Å². The summed E-state index contributed by atoms with van der Waals surface area (Å²) in [6, 6.07) is 0. The highest BCUT2D eigenvalue weighted by Gasteiger charge is 1.88. The first-order valence-corrected chi connectivity index (χ1v) is 1.81. The summed E-state index contributed by atoms with van der Waals surface area (Å²) in [4.78, 5) is 3.72. The minimum atomic E-state index is 0.601. The van der Waals surface area contributed by atoms with E-state index >= 15 is 0 Å². The van der Waals surface area contributed by atoms with E-state index in [-0.39, 0.29) is 0 Å². The molecule has 0 saturated heterocycles. The van der Waals surface area contributed by atoms with Gasteiger partial charge in [0.25, 0.3) is 0 Å². The zero-order valence-electron chi connectivity index (χ0n) is 3.35. The fourth-order valence-electron chi connectivity index (χ4n) is 0.296. The number of hydrogen-bond donors (Lipinski definition) is 0. The molecule has 2 radical (unpaired) electrons. The first-order valence-electron chi connectivity index (χ1n) is 1.81. The van der Waals surface area contributed by atoms with Gasteiger partial charge in [0.1, 0.15) is 0 Å². The van der Waals surface area contributed by atoms with Crippen molar-refractivity contribution in [2.45, 2.75) is 0 Å². The maximum absolute atomic E-state index is 4.67. The Hall–Kier alpha value is -0.530. The molecule has 0 aliphatic carbocycles. The van der Waals surface area contributed by atoms with Gasteiger partial charge >= 0.3 is 0 Å². The number of hydrogen-bond acceptors (Lipinski definition) is 2. The topological polar surface area (TPSA) is 21.6 Å². The molecule has 0 N–H and O–H groups in total. The predicted octanol–water partition coefficient (Wildman–Crippen LogP) is 0.126. The first-order chi connectivity index (χ1) is 3.00. The number of nitrogens with zero attached hydrogens (tertiary/aromatic N) is 1. The summed E-state index contributed by atoms with van der Waals surface area (Å²) in [6.07, 6.45) is 4.32. The molecule has 1 rings (SSSR count). The molecule has 0 fully saturated rings. The van der Waals surface area contributed by atoms with E-state index < -0.39 is 0 Å². The summed E-state index contributed by atoms with van der Waals surface area (Å²) in [7, 11) is 0. The molecule has 0 aromatic rings. The van der Waals surface area contributed by atoms with Crippen LogP contribution in [-0.2, 0) is 4.74 Å². The smallest absolute Gasteiger partial charge is 0.169 e. The SMILES string of the molecule is [C]1CN=COC1. The van der Waals surface area contributed by atoms with Crippen LogP contribution in [0.25, 0.3) is 0 Å². The van der Waals surface area contributed by atoms with Crippen molar-refractivity contribution in [3.8, 4) is 0 Å². The largest absolute Gasteiger partial charge is 0.483 e. The lowest BCUT2D eigenvalue weighted by Gasteiger charge is -2.00. The highest BCUT2D eigenvalue weighted by molar-refractivity contribution is 5.47. The van der Waals surface area contributed by atoms with E-state index in [0.29, 0.717) is 13.2 Å². The van der Waals surface area contributed by atoms with E-state index in [1.54, 1.807) is 0 Å². The van der Waals surface area contributed by atoms with Crippen LogP contribution in [0.1, 0.15) is 0 Å². The molecule has 0 aromatic carbocycles. The Balaban J connectivity index is 2.26. The number of aliphatic imine (C=N–C) groups is 1. The third-order valence-corrected chi connectivity index (χ3v) is 0.538. The maximum Gasteiger partial charge on any atom is 0.169 e. The van der Waals surface area contributed by atoms with Crippen LogP contribution in [0.5, 0.6) is 0 Å². The van der Waals surface area contributed by atoms with Crippen molar-refractivity contribution in [3.63, 3.8) is 0 Å². The average molecular weight is 83.1 g/mol. The quantitative estimate of drug-likeness (QED) is 0.408. The van der Waals surface area contributed by atoms with Crippen LogP contribution in [0, 0.1) is 6.42 Å². The summed E-state index contributed by atoms with van der Waals surface area (Å²) in [5.41, 5.74) is 0. The molecule has 0 unspecified atom stereocenters. The summed E-state index contributed by atoms with van der Waals surface area (Å²) < 4.78 is 4.67. The Bertz CT molecular complexity index is 52.6. The van der Waals surface area contributed by atoms with Gasteiger partial charge in [0.15, 0.2) is 6.40 Å². The van der Waals surface area contributed by atoms with E-state index in [9.17, 15) is 0 Å². The number of rotatable bonds is 0. The van der Waals surface area contributed by atoms with Crippen molar-refractivity contribution in [3.05, 3.63) is 6.42 Å². The van der Waals surface area contributed by atoms with Gasteiger partial charge in [0.05, 0.1) is 13.2 Å². The van der Waals surface area contributed by atoms with Gasteiger partial charge in [-0.1, -0.05) is 0 Å². The molecule has 1 heterocycles. The van der Waals surface area contributed by atoms with Crippen molar-refractivity contribution in [1.29, 1.82) is 0 Å². The lowest BCUT2D eigenvalue weighted by Crippen LogP contribution is -2.01. The lowest BCUT2D eigenvalue weighted by atomic mass is 10.4. The van der Waals surface area contributed by atoms with Gasteiger partial charge in [-0.2, -0.15) is 0 Å². The predicted molar refractivity (Wildman–Crippen MR) is 22.6 cm³/mol. The molecule has 0 saturated carbocycles. The molecular weight excluding hydrogens is 78.0 g/mol. The van der Waals surface area contributed by atoms with Crippen LogP contribution >= 0.6 is 0 Å². The standard InChI is InChI=1S/C4H5NO/c1-2-5-4-6-3-1/h4H,2-3H2. The minimum absolute atomic E-state index is 0.601. The highest BCUT2D eigenvalue weighted by atomic mass is 16.5. The van der Waals surface area contributed by atoms with Gasteiger partial charge in [0, 0.05) is 6.42 Å². The Labute approximate surface area is 36.8 Å². The highest BCUT2D eigenvalue weighted by Crippen LogP contribution is 1.85. The second-order valence-corrected chi connectivity index (χ2v) is 1.01. The summed E-state index contributed by atoms with van der Waals surface area (Å²) >= 11 is 0. The molecular formula is C4H5NO. The van der Waals surface area contributed by atoms with Gasteiger partial charge in [0.2, 0.25) is 0 Å². The molecule has 6 heavy (non-hydrogen) atoms. The molecule has 0 spiro atoms. The minimum Gasteiger partial charge on any atom is -0.483 e. The van der Waals surface area contributed by atoms with Crippen LogP contribution in [-0.4, -0.2) is 19.6 Å². The van der Waals surface area contributed by atoms with Gasteiger partial charge in [-0.15, -0.1) is 0 Å². The first kappa shape index (κ1) is 3.65. The fraction of sp³-hybridized carbons (Fsp3) is 0.500. The maximum atomic E-state index is 4.67. The van der Waals surface area contributed by atoms with Crippen molar-refractivity contribution < 1.29 is 4.74 Å². The summed E-state index contributed by atoms with van der Waals surface area (Å²) in [5, 5.41) is 0. The summed E-state index contributed by atoms with van der Waals surface area (Å²) in [5.74, 6) is 0. The van der Waals surface area contributed by atoms with Crippen LogP contribution in [0.2, 0.25) is 0 Å². The second kappa shape index (κ2) is 1.80. The Kier molecular flexibility index (Phi) is 1.10. The molecule has 0 amide bonds. The lowest BCUT2D eigenvalue weighted by molar-refractivity contribution is 0.338. The molecule has 2 nitrogen and oxygen atoms in total. The van der Waals surface area contributed by atoms with Gasteiger partial charge in [-0.3, -0.25) is 4.99 Å². The van der Waals surface area contributed by atoms with Crippen molar-refractivity contribution >= 4 is 6.40 Å². The fourth-order valence-corrected chi connectivity index (χ4v) is 0.296. The van der Waals surface area contributed by atoms with Crippen LogP contribution in [0.4, 0.5) is 0 Å². The molecule has 0 atom stereocenters. The zero-order valence-corrected chi connectivity index (χ0v) is 3.35. The third-order valence-electron chi connectivity index (χ3n) is 0.538. The Morgan fingerprint density at radius 3 is 3.00 bits per heavy atom. The molecule has 0 aromatic heterocycles. The number of ether oxygens (including phenoxy) is 1. The molecule has 32 valence electrons. The van der Waals surface area contributed by atoms with E-state index in [1.807, 2.05) is 0 Å². The van der Waals surface area contributed by atoms with E-state index in [2.05, 4.69) is 16.2 Å².